The second kappa shape index (κ2) is 4.74. The van der Waals surface area contributed by atoms with E-state index in [0.29, 0.717) is 16.6 Å². The molecule has 1 fully saturated rings. The Morgan fingerprint density at radius 1 is 1.50 bits per heavy atom. The topological polar surface area (TPSA) is 59.2 Å². The standard InChI is InChI=1S/C15H19N3OS/c1-8-7-11-12(10(3)17-8)13(16)14(20-11)15(19)18-6-4-5-9(18)2/h7,9H,4-6,16H2,1-3H3. The van der Waals surface area contributed by atoms with E-state index in [-0.39, 0.29) is 5.91 Å². The zero-order valence-electron chi connectivity index (χ0n) is 12.1. The highest BCUT2D eigenvalue weighted by Crippen LogP contribution is 2.37. The minimum atomic E-state index is 0.0748. The van der Waals surface area contributed by atoms with E-state index in [1.165, 1.54) is 11.3 Å². The van der Waals surface area contributed by atoms with E-state index in [0.717, 1.165) is 40.9 Å². The zero-order chi connectivity index (χ0) is 14.4. The molecule has 2 aromatic rings. The molecule has 2 aromatic heterocycles. The van der Waals surface area contributed by atoms with Crippen molar-refractivity contribution in [3.63, 3.8) is 0 Å². The van der Waals surface area contributed by atoms with Crippen molar-refractivity contribution in [3.05, 3.63) is 22.3 Å². The average Bonchev–Trinajstić information content (AvgIpc) is 2.92. The van der Waals surface area contributed by atoms with Gasteiger partial charge < -0.3 is 10.6 Å². The van der Waals surface area contributed by atoms with E-state index in [1.54, 1.807) is 0 Å². The fourth-order valence-electron chi connectivity index (χ4n) is 3.00. The van der Waals surface area contributed by atoms with Crippen LogP contribution in [0.5, 0.6) is 0 Å². The van der Waals surface area contributed by atoms with Crippen molar-refractivity contribution in [2.75, 3.05) is 12.3 Å². The Balaban J connectivity index is 2.10. The molecule has 1 aliphatic rings. The van der Waals surface area contributed by atoms with Gasteiger partial charge in [-0.1, -0.05) is 0 Å². The predicted molar refractivity (Wildman–Crippen MR) is 83.2 cm³/mol. The number of pyridine rings is 1. The Morgan fingerprint density at radius 3 is 2.90 bits per heavy atom. The fourth-order valence-corrected chi connectivity index (χ4v) is 4.23. The van der Waals surface area contributed by atoms with E-state index in [9.17, 15) is 4.79 Å². The van der Waals surface area contributed by atoms with Crippen LogP contribution in [0.3, 0.4) is 0 Å². The van der Waals surface area contributed by atoms with E-state index < -0.39 is 0 Å². The fraction of sp³-hybridized carbons (Fsp3) is 0.467. The summed E-state index contributed by atoms with van der Waals surface area (Å²) in [5, 5.41) is 0.941. The van der Waals surface area contributed by atoms with E-state index in [4.69, 9.17) is 5.73 Å². The highest BCUT2D eigenvalue weighted by atomic mass is 32.1. The van der Waals surface area contributed by atoms with Gasteiger partial charge >= 0.3 is 0 Å². The predicted octanol–water partition coefficient (Wildman–Crippen LogP) is 3.12. The van der Waals surface area contributed by atoms with Gasteiger partial charge in [-0.05, 0) is 39.7 Å². The van der Waals surface area contributed by atoms with Gasteiger partial charge in [-0.25, -0.2) is 0 Å². The second-order valence-electron chi connectivity index (χ2n) is 5.56. The molecule has 3 heterocycles. The molecule has 2 N–H and O–H groups in total. The molecule has 1 aliphatic heterocycles. The first-order valence-corrected chi connectivity index (χ1v) is 7.78. The Labute approximate surface area is 122 Å². The molecule has 5 heteroatoms. The van der Waals surface area contributed by atoms with Crippen LogP contribution >= 0.6 is 11.3 Å². The Kier molecular flexibility index (Phi) is 3.17. The number of carbonyl (C=O) groups is 1. The van der Waals surface area contributed by atoms with Crippen LogP contribution in [0.1, 0.15) is 40.8 Å². The van der Waals surface area contributed by atoms with Crippen molar-refractivity contribution < 1.29 is 4.79 Å². The molecule has 1 saturated heterocycles. The van der Waals surface area contributed by atoms with Gasteiger partial charge in [-0.2, -0.15) is 0 Å². The van der Waals surface area contributed by atoms with Crippen LogP contribution in [0.4, 0.5) is 5.69 Å². The van der Waals surface area contributed by atoms with Gasteiger partial charge in [0.15, 0.2) is 0 Å². The molecule has 1 unspecified atom stereocenters. The summed E-state index contributed by atoms with van der Waals surface area (Å²) in [5.74, 6) is 0.0748. The second-order valence-corrected chi connectivity index (χ2v) is 6.61. The third-order valence-electron chi connectivity index (χ3n) is 4.03. The van der Waals surface area contributed by atoms with Crippen molar-refractivity contribution in [1.82, 2.24) is 9.88 Å². The Morgan fingerprint density at radius 2 is 2.25 bits per heavy atom. The van der Waals surface area contributed by atoms with Crippen molar-refractivity contribution in [3.8, 4) is 0 Å². The van der Waals surface area contributed by atoms with Crippen molar-refractivity contribution in [2.45, 2.75) is 39.7 Å². The first kappa shape index (κ1) is 13.4. The summed E-state index contributed by atoms with van der Waals surface area (Å²) in [6, 6.07) is 2.32. The summed E-state index contributed by atoms with van der Waals surface area (Å²) in [6.07, 6.45) is 2.16. The largest absolute Gasteiger partial charge is 0.397 e. The highest BCUT2D eigenvalue weighted by Gasteiger charge is 2.29. The summed E-state index contributed by atoms with van der Waals surface area (Å²) in [5.41, 5.74) is 8.69. The lowest BCUT2D eigenvalue weighted by atomic mass is 10.2. The molecule has 0 spiro atoms. The van der Waals surface area contributed by atoms with Gasteiger partial charge in [-0.15, -0.1) is 11.3 Å². The molecule has 0 saturated carbocycles. The highest BCUT2D eigenvalue weighted by molar-refractivity contribution is 7.21. The van der Waals surface area contributed by atoms with Crippen LogP contribution < -0.4 is 5.73 Å². The van der Waals surface area contributed by atoms with Gasteiger partial charge in [0, 0.05) is 34.1 Å². The van der Waals surface area contributed by atoms with Crippen molar-refractivity contribution in [1.29, 1.82) is 0 Å². The van der Waals surface area contributed by atoms with E-state index >= 15 is 0 Å². The number of hydrogen-bond donors (Lipinski definition) is 1. The van der Waals surface area contributed by atoms with Gasteiger partial charge in [0.1, 0.15) is 4.88 Å². The van der Waals surface area contributed by atoms with Gasteiger partial charge in [0.2, 0.25) is 0 Å². The van der Waals surface area contributed by atoms with Gasteiger partial charge in [0.05, 0.1) is 5.69 Å². The first-order valence-electron chi connectivity index (χ1n) is 6.96. The maximum absolute atomic E-state index is 12.7. The molecule has 1 atom stereocenters. The number of hydrogen-bond acceptors (Lipinski definition) is 4. The summed E-state index contributed by atoms with van der Waals surface area (Å²) >= 11 is 1.49. The third kappa shape index (κ3) is 1.97. The number of rotatable bonds is 1. The van der Waals surface area contributed by atoms with Crippen molar-refractivity contribution >= 4 is 33.0 Å². The maximum Gasteiger partial charge on any atom is 0.266 e. The molecule has 0 radical (unpaired) electrons. The number of nitrogen functional groups attached to an aromatic ring is 1. The molecule has 20 heavy (non-hydrogen) atoms. The quantitative estimate of drug-likeness (QED) is 0.877. The first-order chi connectivity index (χ1) is 9.49. The molecule has 0 aliphatic carbocycles. The molecule has 4 nitrogen and oxygen atoms in total. The summed E-state index contributed by atoms with van der Waals surface area (Å²) in [7, 11) is 0. The van der Waals surface area contributed by atoms with E-state index in [1.807, 2.05) is 24.8 Å². The summed E-state index contributed by atoms with van der Waals surface area (Å²) < 4.78 is 1.06. The van der Waals surface area contributed by atoms with E-state index in [2.05, 4.69) is 11.9 Å². The monoisotopic (exact) mass is 289 g/mol. The maximum atomic E-state index is 12.7. The molecule has 0 bridgehead atoms. The van der Waals surface area contributed by atoms with Crippen LogP contribution in [-0.2, 0) is 0 Å². The number of fused-ring (bicyclic) bond motifs is 1. The minimum absolute atomic E-state index is 0.0748. The van der Waals surface area contributed by atoms with Crippen LogP contribution in [0, 0.1) is 13.8 Å². The summed E-state index contributed by atoms with van der Waals surface area (Å²) in [6.45, 7) is 6.85. The minimum Gasteiger partial charge on any atom is -0.397 e. The molecule has 106 valence electrons. The molecular weight excluding hydrogens is 270 g/mol. The number of nitrogens with two attached hydrogens (primary N) is 1. The van der Waals surface area contributed by atoms with Crippen LogP contribution in [0.15, 0.2) is 6.07 Å². The number of aromatic nitrogens is 1. The zero-order valence-corrected chi connectivity index (χ0v) is 12.9. The number of amides is 1. The molecule has 1 amide bonds. The number of aryl methyl sites for hydroxylation is 2. The Hall–Kier alpha value is -1.62. The lowest BCUT2D eigenvalue weighted by molar-refractivity contribution is 0.0753. The Bertz CT molecular complexity index is 692. The average molecular weight is 289 g/mol. The van der Waals surface area contributed by atoms with Crippen LogP contribution in [0.25, 0.3) is 10.1 Å². The van der Waals surface area contributed by atoms with Crippen LogP contribution in [-0.4, -0.2) is 28.4 Å². The van der Waals surface area contributed by atoms with Crippen LogP contribution in [0.2, 0.25) is 0 Å². The van der Waals surface area contributed by atoms with Gasteiger partial charge in [0.25, 0.3) is 5.91 Å². The SMILES string of the molecule is Cc1cc2sc(C(=O)N3CCCC3C)c(N)c2c(C)n1. The third-order valence-corrected chi connectivity index (χ3v) is 5.17. The number of nitrogens with zero attached hydrogens (tertiary/aromatic N) is 2. The normalized spacial score (nSPS) is 18.9. The van der Waals surface area contributed by atoms with Gasteiger partial charge in [-0.3, -0.25) is 9.78 Å². The smallest absolute Gasteiger partial charge is 0.266 e. The lowest BCUT2D eigenvalue weighted by Gasteiger charge is -2.20. The molecule has 3 rings (SSSR count). The van der Waals surface area contributed by atoms with Crippen molar-refractivity contribution in [2.24, 2.45) is 0 Å². The number of anilines is 1. The number of likely N-dealkylation sites (tertiary alicyclic amines) is 1. The number of thiophene rings is 1. The molecular formula is C15H19N3OS. The summed E-state index contributed by atoms with van der Waals surface area (Å²) in [4.78, 5) is 19.7. The lowest BCUT2D eigenvalue weighted by Crippen LogP contribution is -2.33. The molecule has 0 aromatic carbocycles. The number of carbonyl (C=O) groups excluding carboxylic acids is 1.